The Labute approximate surface area is 120 Å². The van der Waals surface area contributed by atoms with Crippen LogP contribution in [-0.2, 0) is 6.18 Å². The fourth-order valence-electron chi connectivity index (χ4n) is 1.73. The van der Waals surface area contributed by atoms with Gasteiger partial charge in [0.15, 0.2) is 0 Å². The van der Waals surface area contributed by atoms with Gasteiger partial charge in [0.05, 0.1) is 10.0 Å². The molecule has 106 valence electrons. The first-order valence-corrected chi connectivity index (χ1v) is 5.98. The van der Waals surface area contributed by atoms with E-state index in [9.17, 15) is 22.0 Å². The second kappa shape index (κ2) is 5.22. The molecule has 0 amide bonds. The van der Waals surface area contributed by atoms with Crippen LogP contribution in [0.2, 0.25) is 10.0 Å². The molecule has 0 atom stereocenters. The SMILES string of the molecule is Fc1cc(-c2cccc(Cl)c2Cl)cc(F)c1C(F)(F)F. The summed E-state index contributed by atoms with van der Waals surface area (Å²) in [7, 11) is 0. The first-order chi connectivity index (χ1) is 9.21. The molecular weight excluding hydrogens is 322 g/mol. The predicted octanol–water partition coefficient (Wildman–Crippen LogP) is 5.96. The van der Waals surface area contributed by atoms with Crippen LogP contribution in [0.15, 0.2) is 30.3 Å². The molecule has 0 N–H and O–H groups in total. The number of hydrogen-bond acceptors (Lipinski definition) is 0. The molecule has 0 aromatic heterocycles. The number of alkyl halides is 3. The molecule has 2 aromatic carbocycles. The third-order valence-electron chi connectivity index (χ3n) is 2.59. The van der Waals surface area contributed by atoms with Crippen LogP contribution in [0.3, 0.4) is 0 Å². The van der Waals surface area contributed by atoms with Crippen molar-refractivity contribution in [2.75, 3.05) is 0 Å². The molecular formula is C13H5Cl2F5. The third kappa shape index (κ3) is 2.74. The summed E-state index contributed by atoms with van der Waals surface area (Å²) in [5.74, 6) is -3.41. The maximum Gasteiger partial charge on any atom is 0.422 e. The molecule has 0 spiro atoms. The van der Waals surface area contributed by atoms with Crippen LogP contribution >= 0.6 is 23.2 Å². The highest BCUT2D eigenvalue weighted by atomic mass is 35.5. The number of hydrogen-bond donors (Lipinski definition) is 0. The van der Waals surface area contributed by atoms with Gasteiger partial charge in [-0.25, -0.2) is 8.78 Å². The molecule has 2 rings (SSSR count). The number of rotatable bonds is 1. The Balaban J connectivity index is 2.65. The lowest BCUT2D eigenvalue weighted by Gasteiger charge is -2.12. The summed E-state index contributed by atoms with van der Waals surface area (Å²) in [6, 6.07) is 5.46. The zero-order chi connectivity index (χ0) is 15.1. The van der Waals surface area contributed by atoms with E-state index in [1.807, 2.05) is 0 Å². The van der Waals surface area contributed by atoms with Gasteiger partial charge in [-0.15, -0.1) is 0 Å². The van der Waals surface area contributed by atoms with Gasteiger partial charge >= 0.3 is 6.18 Å². The maximum absolute atomic E-state index is 13.5. The van der Waals surface area contributed by atoms with Gasteiger partial charge in [-0.1, -0.05) is 35.3 Å². The van der Waals surface area contributed by atoms with Gasteiger partial charge in [-0.05, 0) is 23.8 Å². The van der Waals surface area contributed by atoms with Crippen molar-refractivity contribution in [1.29, 1.82) is 0 Å². The molecule has 0 heterocycles. The van der Waals surface area contributed by atoms with Crippen molar-refractivity contribution in [1.82, 2.24) is 0 Å². The first-order valence-electron chi connectivity index (χ1n) is 5.22. The van der Waals surface area contributed by atoms with Crippen LogP contribution in [0.5, 0.6) is 0 Å². The largest absolute Gasteiger partial charge is 0.422 e. The summed E-state index contributed by atoms with van der Waals surface area (Å²) in [4.78, 5) is 0. The van der Waals surface area contributed by atoms with E-state index >= 15 is 0 Å². The highest BCUT2D eigenvalue weighted by Gasteiger charge is 2.38. The smallest absolute Gasteiger partial charge is 0.206 e. The van der Waals surface area contributed by atoms with E-state index in [1.54, 1.807) is 0 Å². The fourth-order valence-corrected chi connectivity index (χ4v) is 2.14. The molecule has 0 bridgehead atoms. The molecule has 0 saturated heterocycles. The second-order valence-electron chi connectivity index (χ2n) is 3.91. The quantitative estimate of drug-likeness (QED) is 0.567. The molecule has 0 aliphatic rings. The van der Waals surface area contributed by atoms with Crippen LogP contribution in [0.25, 0.3) is 11.1 Å². The van der Waals surface area contributed by atoms with Gasteiger partial charge < -0.3 is 0 Å². The monoisotopic (exact) mass is 326 g/mol. The van der Waals surface area contributed by atoms with Crippen molar-refractivity contribution < 1.29 is 22.0 Å². The average Bonchev–Trinajstić information content (AvgIpc) is 2.29. The third-order valence-corrected chi connectivity index (χ3v) is 3.41. The fraction of sp³-hybridized carbons (Fsp3) is 0.0769. The van der Waals surface area contributed by atoms with Gasteiger partial charge in [-0.3, -0.25) is 0 Å². The van der Waals surface area contributed by atoms with Gasteiger partial charge in [0.1, 0.15) is 17.2 Å². The Bertz CT molecular complexity index is 641. The molecule has 0 saturated carbocycles. The summed E-state index contributed by atoms with van der Waals surface area (Å²) in [5.41, 5.74) is -1.91. The molecule has 20 heavy (non-hydrogen) atoms. The molecule has 7 heteroatoms. The zero-order valence-electron chi connectivity index (χ0n) is 9.53. The van der Waals surface area contributed by atoms with Crippen molar-refractivity contribution in [3.8, 4) is 11.1 Å². The zero-order valence-corrected chi connectivity index (χ0v) is 11.0. The summed E-state index contributed by atoms with van der Waals surface area (Å²) in [6.07, 6.45) is -5.11. The molecule has 0 unspecified atom stereocenters. The van der Waals surface area contributed by atoms with Gasteiger partial charge in [0.25, 0.3) is 0 Å². The van der Waals surface area contributed by atoms with Crippen LogP contribution in [0.1, 0.15) is 5.56 Å². The Kier molecular flexibility index (Phi) is 3.93. The van der Waals surface area contributed by atoms with Gasteiger partial charge in [0, 0.05) is 5.56 Å². The van der Waals surface area contributed by atoms with E-state index in [0.29, 0.717) is 12.1 Å². The second-order valence-corrected chi connectivity index (χ2v) is 4.70. The van der Waals surface area contributed by atoms with Crippen molar-refractivity contribution in [2.45, 2.75) is 6.18 Å². The van der Waals surface area contributed by atoms with E-state index in [0.717, 1.165) is 0 Å². The average molecular weight is 327 g/mol. The topological polar surface area (TPSA) is 0 Å². The lowest BCUT2D eigenvalue weighted by atomic mass is 10.0. The van der Waals surface area contributed by atoms with Crippen molar-refractivity contribution in [3.63, 3.8) is 0 Å². The lowest BCUT2D eigenvalue weighted by Crippen LogP contribution is -2.11. The highest BCUT2D eigenvalue weighted by Crippen LogP contribution is 2.38. The van der Waals surface area contributed by atoms with Crippen LogP contribution in [0, 0.1) is 11.6 Å². The number of halogens is 7. The Hall–Kier alpha value is -1.33. The number of benzene rings is 2. The minimum atomic E-state index is -5.11. The Morgan fingerprint density at radius 3 is 1.95 bits per heavy atom. The Morgan fingerprint density at radius 1 is 0.900 bits per heavy atom. The van der Waals surface area contributed by atoms with Crippen LogP contribution in [0.4, 0.5) is 22.0 Å². The minimum Gasteiger partial charge on any atom is -0.206 e. The Morgan fingerprint density at radius 2 is 1.45 bits per heavy atom. The predicted molar refractivity (Wildman–Crippen MR) is 66.8 cm³/mol. The molecule has 0 radical (unpaired) electrons. The maximum atomic E-state index is 13.5. The van der Waals surface area contributed by atoms with Gasteiger partial charge in [0.2, 0.25) is 0 Å². The van der Waals surface area contributed by atoms with E-state index < -0.39 is 23.4 Å². The van der Waals surface area contributed by atoms with Crippen molar-refractivity contribution in [2.24, 2.45) is 0 Å². The summed E-state index contributed by atoms with van der Waals surface area (Å²) < 4.78 is 64.4. The molecule has 2 aromatic rings. The normalized spacial score (nSPS) is 11.8. The summed E-state index contributed by atoms with van der Waals surface area (Å²) in [5, 5.41) is 0.137. The molecule has 0 fully saturated rings. The molecule has 0 aliphatic carbocycles. The van der Waals surface area contributed by atoms with Crippen LogP contribution in [-0.4, -0.2) is 0 Å². The molecule has 0 aliphatic heterocycles. The summed E-state index contributed by atoms with van der Waals surface area (Å²) >= 11 is 11.6. The standard InChI is InChI=1S/C13H5Cl2F5/c14-8-3-1-2-7(12(8)15)6-4-9(16)11(10(17)5-6)13(18,19)20/h1-5H. The highest BCUT2D eigenvalue weighted by molar-refractivity contribution is 6.43. The lowest BCUT2D eigenvalue weighted by molar-refractivity contribution is -0.142. The molecule has 0 nitrogen and oxygen atoms in total. The van der Waals surface area contributed by atoms with E-state index in [-0.39, 0.29) is 21.2 Å². The van der Waals surface area contributed by atoms with Crippen molar-refractivity contribution >= 4 is 23.2 Å². The first kappa shape index (κ1) is 15.1. The van der Waals surface area contributed by atoms with E-state index in [1.165, 1.54) is 18.2 Å². The van der Waals surface area contributed by atoms with E-state index in [4.69, 9.17) is 23.2 Å². The van der Waals surface area contributed by atoms with Crippen LogP contribution < -0.4 is 0 Å². The van der Waals surface area contributed by atoms with Crippen molar-refractivity contribution in [3.05, 3.63) is 57.6 Å². The van der Waals surface area contributed by atoms with Gasteiger partial charge in [-0.2, -0.15) is 13.2 Å². The van der Waals surface area contributed by atoms with E-state index in [2.05, 4.69) is 0 Å². The summed E-state index contributed by atoms with van der Waals surface area (Å²) in [6.45, 7) is 0. The minimum absolute atomic E-state index is 0.00715.